The Balaban J connectivity index is 1.52. The van der Waals surface area contributed by atoms with Crippen molar-refractivity contribution in [2.24, 2.45) is 5.92 Å². The van der Waals surface area contributed by atoms with Gasteiger partial charge in [0.05, 0.1) is 23.0 Å². The molecule has 1 aliphatic carbocycles. The van der Waals surface area contributed by atoms with Gasteiger partial charge in [0.15, 0.2) is 0 Å². The van der Waals surface area contributed by atoms with Crippen molar-refractivity contribution in [1.29, 1.82) is 0 Å². The molecule has 4 rings (SSSR count). The van der Waals surface area contributed by atoms with E-state index < -0.39 is 0 Å². The summed E-state index contributed by atoms with van der Waals surface area (Å²) in [5.41, 5.74) is 1.73. The highest BCUT2D eigenvalue weighted by molar-refractivity contribution is 8.18. The Hall–Kier alpha value is -2.19. The second kappa shape index (κ2) is 6.61. The van der Waals surface area contributed by atoms with E-state index in [9.17, 15) is 9.59 Å². The summed E-state index contributed by atoms with van der Waals surface area (Å²) in [5.74, 6) is 1.17. The molecule has 0 unspecified atom stereocenters. The summed E-state index contributed by atoms with van der Waals surface area (Å²) < 4.78 is 0. The minimum absolute atomic E-state index is 0.331. The van der Waals surface area contributed by atoms with Crippen molar-refractivity contribution < 1.29 is 9.59 Å². The van der Waals surface area contributed by atoms with Gasteiger partial charge in [0, 0.05) is 21.9 Å². The van der Waals surface area contributed by atoms with E-state index in [0.717, 1.165) is 39.6 Å². The zero-order chi connectivity index (χ0) is 17.4. The van der Waals surface area contributed by atoms with Gasteiger partial charge in [-0.2, -0.15) is 0 Å². The molecule has 2 fully saturated rings. The summed E-state index contributed by atoms with van der Waals surface area (Å²) in [5, 5.41) is 7.32. The third-order valence-electron chi connectivity index (χ3n) is 4.17. The maximum absolute atomic E-state index is 11.6. The molecule has 1 saturated heterocycles. The van der Waals surface area contributed by atoms with Crippen LogP contribution < -0.4 is 10.6 Å². The molecule has 128 valence electrons. The molecule has 2 aliphatic rings. The molecule has 8 heteroatoms. The first-order valence-electron chi connectivity index (χ1n) is 8.01. The summed E-state index contributed by atoms with van der Waals surface area (Å²) in [4.78, 5) is 33.1. The second-order valence-electron chi connectivity index (χ2n) is 6.15. The third-order valence-corrected chi connectivity index (χ3v) is 5.86. The molecule has 0 spiro atoms. The first kappa shape index (κ1) is 16.3. The number of hydrogen-bond donors (Lipinski definition) is 2. The van der Waals surface area contributed by atoms with E-state index >= 15 is 0 Å². The predicted molar refractivity (Wildman–Crippen MR) is 100 cm³/mol. The van der Waals surface area contributed by atoms with Gasteiger partial charge in [-0.15, -0.1) is 11.3 Å². The Kier molecular flexibility index (Phi) is 4.30. The van der Waals surface area contributed by atoms with E-state index in [4.69, 9.17) is 0 Å². The molecule has 3 heterocycles. The number of thioether (sulfide) groups is 1. The Morgan fingerprint density at radius 3 is 2.92 bits per heavy atom. The minimum atomic E-state index is -0.343. The topological polar surface area (TPSA) is 84.0 Å². The molecule has 2 amide bonds. The van der Waals surface area contributed by atoms with Gasteiger partial charge in [0.2, 0.25) is 0 Å². The fraction of sp³-hybridized carbons (Fsp3) is 0.294. The highest BCUT2D eigenvalue weighted by atomic mass is 32.2. The van der Waals surface area contributed by atoms with Gasteiger partial charge in [-0.25, -0.2) is 4.98 Å². The summed E-state index contributed by atoms with van der Waals surface area (Å²) >= 11 is 2.42. The second-order valence-corrected chi connectivity index (χ2v) is 8.11. The molecule has 1 atom stereocenters. The molecule has 1 saturated carbocycles. The molecule has 2 aromatic rings. The van der Waals surface area contributed by atoms with Gasteiger partial charge in [0.25, 0.3) is 11.1 Å². The lowest BCUT2D eigenvalue weighted by atomic mass is 10.2. The average Bonchev–Trinajstić information content (AvgIpc) is 3.26. The van der Waals surface area contributed by atoms with Crippen LogP contribution in [0.2, 0.25) is 0 Å². The van der Waals surface area contributed by atoms with Gasteiger partial charge in [-0.1, -0.05) is 0 Å². The van der Waals surface area contributed by atoms with Crippen molar-refractivity contribution in [3.05, 3.63) is 33.6 Å². The standard InChI is InChI=1S/C17H16N4O2S2/c1-9(10-2-3-10)19-15-7-18-6-13(20-15)11-4-12(24-8-11)5-14-16(22)21-17(23)25-14/h4-10H,2-3H2,1H3,(H,19,20)(H,21,22,23)/t9-/m0/s1. The number of aromatic nitrogens is 2. The van der Waals surface area contributed by atoms with Crippen LogP contribution in [-0.4, -0.2) is 27.2 Å². The first-order chi connectivity index (χ1) is 12.1. The number of carbonyl (C=O) groups excluding carboxylic acids is 2. The van der Waals surface area contributed by atoms with Crippen LogP contribution in [0.4, 0.5) is 10.6 Å². The number of amides is 2. The molecule has 2 N–H and O–H groups in total. The molecule has 2 aromatic heterocycles. The smallest absolute Gasteiger partial charge is 0.290 e. The molecular formula is C17H16N4O2S2. The maximum atomic E-state index is 11.6. The molecule has 0 aromatic carbocycles. The zero-order valence-electron chi connectivity index (χ0n) is 13.5. The quantitative estimate of drug-likeness (QED) is 0.778. The first-order valence-corrected chi connectivity index (χ1v) is 9.70. The average molecular weight is 372 g/mol. The Morgan fingerprint density at radius 1 is 1.36 bits per heavy atom. The number of thiophene rings is 1. The minimum Gasteiger partial charge on any atom is -0.366 e. The molecule has 0 radical (unpaired) electrons. The normalized spacial score (nSPS) is 20.0. The number of carbonyl (C=O) groups is 2. The van der Waals surface area contributed by atoms with Crippen molar-refractivity contribution in [3.63, 3.8) is 0 Å². The fourth-order valence-corrected chi connectivity index (χ4v) is 4.22. The largest absolute Gasteiger partial charge is 0.366 e. The van der Waals surface area contributed by atoms with Gasteiger partial charge >= 0.3 is 0 Å². The van der Waals surface area contributed by atoms with Crippen molar-refractivity contribution in [3.8, 4) is 11.3 Å². The number of anilines is 1. The van der Waals surface area contributed by atoms with E-state index in [0.29, 0.717) is 10.9 Å². The van der Waals surface area contributed by atoms with Crippen LogP contribution in [0.25, 0.3) is 17.3 Å². The molecule has 25 heavy (non-hydrogen) atoms. The lowest BCUT2D eigenvalue weighted by Gasteiger charge is -2.13. The Labute approximate surface area is 153 Å². The predicted octanol–water partition coefficient (Wildman–Crippen LogP) is 3.74. The number of nitrogens with zero attached hydrogens (tertiary/aromatic N) is 2. The van der Waals surface area contributed by atoms with Crippen LogP contribution in [0.3, 0.4) is 0 Å². The third kappa shape index (κ3) is 3.74. The van der Waals surface area contributed by atoms with E-state index in [2.05, 4.69) is 27.5 Å². The number of imide groups is 1. The number of rotatable bonds is 5. The number of nitrogens with one attached hydrogen (secondary N) is 2. The summed E-state index contributed by atoms with van der Waals surface area (Å²) in [6.07, 6.45) is 7.74. The summed E-state index contributed by atoms with van der Waals surface area (Å²) in [6.45, 7) is 2.17. The lowest BCUT2D eigenvalue weighted by molar-refractivity contribution is -0.115. The van der Waals surface area contributed by atoms with Gasteiger partial charge in [-0.05, 0) is 49.6 Å². The van der Waals surface area contributed by atoms with Gasteiger partial charge < -0.3 is 5.32 Å². The molecular weight excluding hydrogens is 356 g/mol. The number of hydrogen-bond acceptors (Lipinski definition) is 7. The van der Waals surface area contributed by atoms with Crippen LogP contribution in [0.1, 0.15) is 24.6 Å². The Bertz CT molecular complexity index is 873. The molecule has 6 nitrogen and oxygen atoms in total. The SMILES string of the molecule is C[C@H](Nc1cncc(-c2csc(C=C3SC(=O)NC3=O)c2)n1)C1CC1. The van der Waals surface area contributed by atoms with Gasteiger partial charge in [-0.3, -0.25) is 19.9 Å². The maximum Gasteiger partial charge on any atom is 0.290 e. The van der Waals surface area contributed by atoms with Crippen LogP contribution in [0, 0.1) is 5.92 Å². The van der Waals surface area contributed by atoms with Crippen LogP contribution in [0.15, 0.2) is 28.7 Å². The van der Waals surface area contributed by atoms with Crippen molar-refractivity contribution in [1.82, 2.24) is 15.3 Å². The molecule has 1 aliphatic heterocycles. The van der Waals surface area contributed by atoms with Crippen LogP contribution >= 0.6 is 23.1 Å². The van der Waals surface area contributed by atoms with Crippen LogP contribution in [0.5, 0.6) is 0 Å². The van der Waals surface area contributed by atoms with E-state index in [1.54, 1.807) is 18.5 Å². The zero-order valence-corrected chi connectivity index (χ0v) is 15.1. The summed E-state index contributed by atoms with van der Waals surface area (Å²) in [7, 11) is 0. The monoisotopic (exact) mass is 372 g/mol. The van der Waals surface area contributed by atoms with Crippen molar-refractivity contribution in [2.45, 2.75) is 25.8 Å². The lowest BCUT2D eigenvalue weighted by Crippen LogP contribution is -2.18. The van der Waals surface area contributed by atoms with E-state index in [1.165, 1.54) is 24.2 Å². The van der Waals surface area contributed by atoms with Crippen LogP contribution in [-0.2, 0) is 4.79 Å². The van der Waals surface area contributed by atoms with Crippen molar-refractivity contribution in [2.75, 3.05) is 5.32 Å². The van der Waals surface area contributed by atoms with E-state index in [-0.39, 0.29) is 11.1 Å². The highest BCUT2D eigenvalue weighted by Gasteiger charge is 2.28. The highest BCUT2D eigenvalue weighted by Crippen LogP contribution is 2.34. The Morgan fingerprint density at radius 2 is 2.20 bits per heavy atom. The van der Waals surface area contributed by atoms with Crippen molar-refractivity contribution >= 4 is 46.1 Å². The summed E-state index contributed by atoms with van der Waals surface area (Å²) in [6, 6.07) is 2.36. The van der Waals surface area contributed by atoms with Gasteiger partial charge in [0.1, 0.15) is 5.82 Å². The molecule has 0 bridgehead atoms. The fourth-order valence-electron chi connectivity index (χ4n) is 2.64. The van der Waals surface area contributed by atoms with E-state index in [1.807, 2.05) is 11.4 Å².